The van der Waals surface area contributed by atoms with Gasteiger partial charge in [-0.2, -0.15) is 4.37 Å². The number of nitrogens with one attached hydrogen (secondary N) is 1. The maximum absolute atomic E-state index is 11.6. The molecular formula is C24H31ClN4OS. The normalized spacial score (nSPS) is 18.0. The van der Waals surface area contributed by atoms with Crippen LogP contribution in [0.15, 0.2) is 18.2 Å². The third kappa shape index (κ3) is 4.97. The van der Waals surface area contributed by atoms with Crippen LogP contribution in [0.5, 0.6) is 0 Å². The van der Waals surface area contributed by atoms with Gasteiger partial charge in [0.2, 0.25) is 5.91 Å². The molecule has 0 spiro atoms. The zero-order valence-electron chi connectivity index (χ0n) is 18.4. The minimum atomic E-state index is 0.0553. The largest absolute Gasteiger partial charge is 0.353 e. The van der Waals surface area contributed by atoms with E-state index in [4.69, 9.17) is 16.0 Å². The van der Waals surface area contributed by atoms with Crippen LogP contribution in [0.25, 0.3) is 6.08 Å². The third-order valence-electron chi connectivity index (χ3n) is 6.13. The van der Waals surface area contributed by atoms with Gasteiger partial charge >= 0.3 is 0 Å². The van der Waals surface area contributed by atoms with Gasteiger partial charge in [0.25, 0.3) is 0 Å². The van der Waals surface area contributed by atoms with Crippen LogP contribution in [0, 0.1) is 0 Å². The molecule has 166 valence electrons. The summed E-state index contributed by atoms with van der Waals surface area (Å²) in [5, 5.41) is 3.62. The first-order chi connectivity index (χ1) is 15.2. The maximum atomic E-state index is 11.6. The van der Waals surface area contributed by atoms with E-state index in [-0.39, 0.29) is 5.91 Å². The number of hydrogen-bond donors (Lipinski definition) is 1. The highest BCUT2D eigenvalue weighted by molar-refractivity contribution is 7.07. The lowest BCUT2D eigenvalue weighted by molar-refractivity contribution is -0.115. The number of amides is 1. The van der Waals surface area contributed by atoms with E-state index in [0.717, 1.165) is 67.4 Å². The lowest BCUT2D eigenvalue weighted by Crippen LogP contribution is -2.47. The Morgan fingerprint density at radius 3 is 2.81 bits per heavy atom. The van der Waals surface area contributed by atoms with Crippen molar-refractivity contribution in [3.05, 3.63) is 44.8 Å². The Balaban J connectivity index is 0.00000112. The van der Waals surface area contributed by atoms with Crippen LogP contribution in [0.3, 0.4) is 0 Å². The predicted molar refractivity (Wildman–Crippen MR) is 132 cm³/mol. The van der Waals surface area contributed by atoms with Crippen molar-refractivity contribution in [1.29, 1.82) is 0 Å². The number of anilines is 2. The number of rotatable bonds is 4. The van der Waals surface area contributed by atoms with Gasteiger partial charge in [-0.15, -0.1) is 0 Å². The molecule has 0 unspecified atom stereocenters. The summed E-state index contributed by atoms with van der Waals surface area (Å²) in [4.78, 5) is 17.9. The van der Waals surface area contributed by atoms with E-state index in [9.17, 15) is 4.79 Å². The van der Waals surface area contributed by atoms with Crippen LogP contribution >= 0.6 is 23.1 Å². The van der Waals surface area contributed by atoms with Crippen LogP contribution in [0.1, 0.15) is 48.3 Å². The molecule has 1 aliphatic carbocycles. The summed E-state index contributed by atoms with van der Waals surface area (Å²) in [6.45, 7) is 9.13. The fourth-order valence-corrected chi connectivity index (χ4v) is 5.60. The second-order valence-corrected chi connectivity index (χ2v) is 9.26. The van der Waals surface area contributed by atoms with Gasteiger partial charge < -0.3 is 10.2 Å². The molecule has 1 aromatic heterocycles. The fraction of sp³-hybridized carbons (Fsp3) is 0.500. The molecule has 5 rings (SSSR count). The van der Waals surface area contributed by atoms with Gasteiger partial charge in [0, 0.05) is 49.0 Å². The topological polar surface area (TPSA) is 48.5 Å². The molecule has 0 saturated carbocycles. The molecule has 31 heavy (non-hydrogen) atoms. The smallest absolute Gasteiger partial charge is 0.228 e. The van der Waals surface area contributed by atoms with E-state index < -0.39 is 0 Å². The number of carbonyl (C=O) groups excluding carboxylic acids is 1. The maximum Gasteiger partial charge on any atom is 0.228 e. The summed E-state index contributed by atoms with van der Waals surface area (Å²) in [7, 11) is 0. The number of halogens is 1. The van der Waals surface area contributed by atoms with Crippen molar-refractivity contribution in [2.24, 2.45) is 0 Å². The second kappa shape index (κ2) is 10.2. The third-order valence-corrected chi connectivity index (χ3v) is 7.33. The summed E-state index contributed by atoms with van der Waals surface area (Å²) >= 11 is 8.10. The minimum Gasteiger partial charge on any atom is -0.353 e. The van der Waals surface area contributed by atoms with Gasteiger partial charge in [0.15, 0.2) is 0 Å². The lowest BCUT2D eigenvalue weighted by Gasteiger charge is -2.35. The van der Waals surface area contributed by atoms with Crippen molar-refractivity contribution < 1.29 is 4.79 Å². The Bertz CT molecular complexity index is 963. The van der Waals surface area contributed by atoms with Crippen LogP contribution in [-0.2, 0) is 24.1 Å². The second-order valence-electron chi connectivity index (χ2n) is 8.05. The number of nitrogens with zero attached hydrogens (tertiary/aromatic N) is 3. The first kappa shape index (κ1) is 22.3. The Hall–Kier alpha value is -1.89. The highest BCUT2D eigenvalue weighted by Crippen LogP contribution is 2.33. The molecule has 1 N–H and O–H groups in total. The standard InChI is InChI=1S/C22H25ClN4OS.C2H6/c23-18-14-19-16(13-21(28)24-19)12-15(18)6-7-26-8-10-27(11-9-26)22-17-4-2-1-3-5-20(17)29-25-22;1-2/h3,5,12,14H,1-2,4,6-11,13H2,(H,24,28);1-2H3. The first-order valence-electron chi connectivity index (χ1n) is 11.4. The Morgan fingerprint density at radius 1 is 1.19 bits per heavy atom. The van der Waals surface area contributed by atoms with Gasteiger partial charge in [0.05, 0.1) is 11.3 Å². The molecule has 1 aromatic carbocycles. The van der Waals surface area contributed by atoms with E-state index in [1.165, 1.54) is 29.1 Å². The predicted octanol–water partition coefficient (Wildman–Crippen LogP) is 5.03. The Labute approximate surface area is 194 Å². The van der Waals surface area contributed by atoms with Gasteiger partial charge in [0.1, 0.15) is 5.82 Å². The lowest BCUT2D eigenvalue weighted by atomic mass is 10.1. The highest BCUT2D eigenvalue weighted by Gasteiger charge is 2.24. The number of allylic oxidation sites excluding steroid dienone is 1. The first-order valence-corrected chi connectivity index (χ1v) is 12.6. The van der Waals surface area contributed by atoms with Crippen molar-refractivity contribution in [2.75, 3.05) is 42.9 Å². The van der Waals surface area contributed by atoms with E-state index >= 15 is 0 Å². The molecule has 2 aromatic rings. The van der Waals surface area contributed by atoms with Gasteiger partial charge in [-0.1, -0.05) is 37.6 Å². The molecule has 3 aliphatic rings. The number of benzene rings is 1. The molecule has 1 fully saturated rings. The van der Waals surface area contributed by atoms with Crippen molar-refractivity contribution in [3.63, 3.8) is 0 Å². The number of aromatic nitrogens is 1. The quantitative estimate of drug-likeness (QED) is 0.697. The fourth-order valence-electron chi connectivity index (χ4n) is 4.47. The summed E-state index contributed by atoms with van der Waals surface area (Å²) in [5.74, 6) is 1.27. The molecule has 2 aliphatic heterocycles. The molecule has 1 amide bonds. The van der Waals surface area contributed by atoms with Crippen molar-refractivity contribution >= 4 is 46.6 Å². The summed E-state index contributed by atoms with van der Waals surface area (Å²) < 4.78 is 4.78. The number of fused-ring (bicyclic) bond motifs is 2. The Kier molecular flexibility index (Phi) is 7.31. The summed E-state index contributed by atoms with van der Waals surface area (Å²) in [6.07, 6.45) is 9.44. The molecule has 7 heteroatoms. The molecule has 0 radical (unpaired) electrons. The molecule has 1 saturated heterocycles. The van der Waals surface area contributed by atoms with E-state index in [0.29, 0.717) is 6.42 Å². The van der Waals surface area contributed by atoms with E-state index in [2.05, 4.69) is 33.3 Å². The van der Waals surface area contributed by atoms with Crippen LogP contribution in [0.2, 0.25) is 5.02 Å². The minimum absolute atomic E-state index is 0.0553. The number of hydrogen-bond acceptors (Lipinski definition) is 5. The highest BCUT2D eigenvalue weighted by atomic mass is 35.5. The van der Waals surface area contributed by atoms with Crippen LogP contribution in [0.4, 0.5) is 11.5 Å². The monoisotopic (exact) mass is 458 g/mol. The zero-order valence-corrected chi connectivity index (χ0v) is 20.0. The summed E-state index contributed by atoms with van der Waals surface area (Å²) in [5.41, 5.74) is 4.53. The SMILES string of the molecule is CC.O=C1Cc2cc(CCN3CCN(c4nsc5c4CCCC=C5)CC3)c(Cl)cc2N1. The van der Waals surface area contributed by atoms with E-state index in [1.54, 1.807) is 11.5 Å². The van der Waals surface area contributed by atoms with Crippen LogP contribution < -0.4 is 10.2 Å². The van der Waals surface area contributed by atoms with E-state index in [1.807, 2.05) is 19.9 Å². The van der Waals surface area contributed by atoms with Crippen molar-refractivity contribution in [1.82, 2.24) is 9.27 Å². The van der Waals surface area contributed by atoms with Crippen molar-refractivity contribution in [2.45, 2.75) is 46.0 Å². The average molecular weight is 459 g/mol. The summed E-state index contributed by atoms with van der Waals surface area (Å²) in [6, 6.07) is 4.00. The Morgan fingerprint density at radius 2 is 2.00 bits per heavy atom. The molecule has 5 nitrogen and oxygen atoms in total. The van der Waals surface area contributed by atoms with Gasteiger partial charge in [-0.3, -0.25) is 9.69 Å². The molecular weight excluding hydrogens is 428 g/mol. The average Bonchev–Trinajstić information content (AvgIpc) is 3.27. The molecule has 0 bridgehead atoms. The zero-order chi connectivity index (χ0) is 21.8. The number of carbonyl (C=O) groups is 1. The molecule has 3 heterocycles. The molecule has 0 atom stereocenters. The van der Waals surface area contributed by atoms with Gasteiger partial charge in [-0.05, 0) is 60.5 Å². The number of piperazine rings is 1. The van der Waals surface area contributed by atoms with Crippen LogP contribution in [-0.4, -0.2) is 47.9 Å². The van der Waals surface area contributed by atoms with Gasteiger partial charge in [-0.25, -0.2) is 0 Å². The van der Waals surface area contributed by atoms with Crippen molar-refractivity contribution in [3.8, 4) is 0 Å².